The molecule has 0 atom stereocenters. The Morgan fingerprint density at radius 3 is 2.60 bits per heavy atom. The van der Waals surface area contributed by atoms with Crippen LogP contribution >= 0.6 is 23.4 Å². The molecule has 0 saturated carbocycles. The molecule has 1 rings (SSSR count). The van der Waals surface area contributed by atoms with Crippen LogP contribution in [0.3, 0.4) is 0 Å². The molecular weight excluding hydrogens is 298 g/mol. The van der Waals surface area contributed by atoms with Crippen LogP contribution in [0.1, 0.15) is 19.4 Å². The number of aliphatic carboxylic acids is 1. The predicted octanol–water partition coefficient (Wildman–Crippen LogP) is 2.55. The second kappa shape index (κ2) is 7.55. The van der Waals surface area contributed by atoms with Crippen molar-refractivity contribution in [2.45, 2.75) is 19.3 Å². The first-order valence-electron chi connectivity index (χ1n) is 6.18. The third-order valence-electron chi connectivity index (χ3n) is 2.87. The van der Waals surface area contributed by atoms with Crippen molar-refractivity contribution in [2.75, 3.05) is 18.1 Å². The normalized spacial score (nSPS) is 11.2. The Kier molecular flexibility index (Phi) is 6.36. The van der Waals surface area contributed by atoms with Gasteiger partial charge < -0.3 is 10.4 Å². The van der Waals surface area contributed by atoms with E-state index in [-0.39, 0.29) is 11.7 Å². The van der Waals surface area contributed by atoms with E-state index in [9.17, 15) is 9.59 Å². The van der Waals surface area contributed by atoms with Crippen molar-refractivity contribution < 1.29 is 14.7 Å². The largest absolute Gasteiger partial charge is 0.481 e. The third kappa shape index (κ3) is 4.72. The van der Waals surface area contributed by atoms with E-state index in [0.29, 0.717) is 17.3 Å². The van der Waals surface area contributed by atoms with Gasteiger partial charge in [0.2, 0.25) is 5.91 Å². The second-order valence-corrected chi connectivity index (χ2v) is 6.32. The Hall–Kier alpha value is -1.20. The van der Waals surface area contributed by atoms with E-state index < -0.39 is 11.4 Å². The van der Waals surface area contributed by atoms with Crippen LogP contribution in [0.4, 0.5) is 0 Å². The molecule has 1 aromatic carbocycles. The molecule has 0 fully saturated rings. The van der Waals surface area contributed by atoms with Crippen molar-refractivity contribution in [2.24, 2.45) is 0 Å². The molecule has 0 aromatic heterocycles. The molecule has 0 aliphatic carbocycles. The van der Waals surface area contributed by atoms with Gasteiger partial charge in [0.05, 0.1) is 11.2 Å². The summed E-state index contributed by atoms with van der Waals surface area (Å²) in [6, 6.07) is 7.26. The highest BCUT2D eigenvalue weighted by Crippen LogP contribution is 2.29. The Bertz CT molecular complexity index is 491. The first-order chi connectivity index (χ1) is 9.35. The van der Waals surface area contributed by atoms with E-state index in [2.05, 4.69) is 5.32 Å². The van der Waals surface area contributed by atoms with Gasteiger partial charge in [0.1, 0.15) is 0 Å². The number of amides is 1. The van der Waals surface area contributed by atoms with E-state index >= 15 is 0 Å². The van der Waals surface area contributed by atoms with Gasteiger partial charge in [0.25, 0.3) is 0 Å². The highest BCUT2D eigenvalue weighted by atomic mass is 35.5. The summed E-state index contributed by atoms with van der Waals surface area (Å²) in [5.41, 5.74) is 0.0489. The lowest BCUT2D eigenvalue weighted by atomic mass is 9.83. The lowest BCUT2D eigenvalue weighted by Gasteiger charge is -2.25. The van der Waals surface area contributed by atoms with Gasteiger partial charge in [-0.3, -0.25) is 9.59 Å². The first-order valence-corrected chi connectivity index (χ1v) is 7.72. The van der Waals surface area contributed by atoms with Crippen LogP contribution in [-0.4, -0.2) is 35.0 Å². The van der Waals surface area contributed by atoms with Crippen LogP contribution < -0.4 is 5.32 Å². The molecule has 1 amide bonds. The molecule has 0 heterocycles. The zero-order chi connectivity index (χ0) is 15.2. The molecule has 0 aliphatic heterocycles. The number of nitrogens with one attached hydrogen (secondary N) is 1. The molecular formula is C14H18ClNO3S. The average Bonchev–Trinajstić information content (AvgIpc) is 2.38. The van der Waals surface area contributed by atoms with Gasteiger partial charge in [0, 0.05) is 17.3 Å². The number of rotatable bonds is 7. The Labute approximate surface area is 127 Å². The summed E-state index contributed by atoms with van der Waals surface area (Å²) in [6.07, 6.45) is 0. The van der Waals surface area contributed by atoms with E-state index in [1.807, 2.05) is 32.0 Å². The van der Waals surface area contributed by atoms with Crippen molar-refractivity contribution in [1.82, 2.24) is 5.32 Å². The predicted molar refractivity (Wildman–Crippen MR) is 82.4 cm³/mol. The molecule has 4 nitrogen and oxygen atoms in total. The molecule has 0 unspecified atom stereocenters. The number of halogens is 1. The fourth-order valence-corrected chi connectivity index (χ4v) is 2.64. The molecule has 0 bridgehead atoms. The molecule has 2 N–H and O–H groups in total. The zero-order valence-electron chi connectivity index (χ0n) is 11.5. The highest BCUT2D eigenvalue weighted by molar-refractivity contribution is 7.99. The topological polar surface area (TPSA) is 66.4 Å². The Balaban J connectivity index is 2.53. The maximum atomic E-state index is 12.2. The molecule has 0 radical (unpaired) electrons. The quantitative estimate of drug-likeness (QED) is 0.759. The Morgan fingerprint density at radius 2 is 2.00 bits per heavy atom. The average molecular weight is 316 g/mol. The van der Waals surface area contributed by atoms with Crippen molar-refractivity contribution in [3.05, 3.63) is 34.9 Å². The van der Waals surface area contributed by atoms with Crippen LogP contribution in [-0.2, 0) is 15.0 Å². The van der Waals surface area contributed by atoms with Crippen LogP contribution in [0.25, 0.3) is 0 Å². The van der Waals surface area contributed by atoms with Gasteiger partial charge in [-0.2, -0.15) is 0 Å². The van der Waals surface area contributed by atoms with Crippen molar-refractivity contribution >= 4 is 35.2 Å². The molecule has 20 heavy (non-hydrogen) atoms. The minimum Gasteiger partial charge on any atom is -0.481 e. The SMILES string of the molecule is CC(C)(C(=O)NCCSCC(=O)O)c1ccccc1Cl. The van der Waals surface area contributed by atoms with Gasteiger partial charge in [-0.1, -0.05) is 29.8 Å². The second-order valence-electron chi connectivity index (χ2n) is 4.81. The summed E-state index contributed by atoms with van der Waals surface area (Å²) in [7, 11) is 0. The number of carbonyl (C=O) groups excluding carboxylic acids is 1. The molecule has 6 heteroatoms. The maximum absolute atomic E-state index is 12.2. The zero-order valence-corrected chi connectivity index (χ0v) is 13.1. The molecule has 110 valence electrons. The number of hydrogen-bond acceptors (Lipinski definition) is 3. The van der Waals surface area contributed by atoms with Gasteiger partial charge in [-0.15, -0.1) is 11.8 Å². The number of carboxylic acids is 1. The highest BCUT2D eigenvalue weighted by Gasteiger charge is 2.31. The van der Waals surface area contributed by atoms with E-state index in [4.69, 9.17) is 16.7 Å². The fourth-order valence-electron chi connectivity index (χ4n) is 1.71. The van der Waals surface area contributed by atoms with Gasteiger partial charge >= 0.3 is 5.97 Å². The monoisotopic (exact) mass is 315 g/mol. The summed E-state index contributed by atoms with van der Waals surface area (Å²) >= 11 is 7.39. The number of carbonyl (C=O) groups is 2. The first kappa shape index (κ1) is 16.9. The number of thioether (sulfide) groups is 1. The minimum absolute atomic E-state index is 0.0454. The molecule has 0 saturated heterocycles. The summed E-state index contributed by atoms with van der Waals surface area (Å²) < 4.78 is 0. The molecule has 0 aliphatic rings. The Morgan fingerprint density at radius 1 is 1.35 bits per heavy atom. The number of benzene rings is 1. The van der Waals surface area contributed by atoms with Crippen LogP contribution in [0.15, 0.2) is 24.3 Å². The summed E-state index contributed by atoms with van der Waals surface area (Å²) in [6.45, 7) is 4.06. The fraction of sp³-hybridized carbons (Fsp3) is 0.429. The molecule has 0 spiro atoms. The van der Waals surface area contributed by atoms with Crippen molar-refractivity contribution in [3.63, 3.8) is 0 Å². The molecule has 1 aromatic rings. The van der Waals surface area contributed by atoms with E-state index in [0.717, 1.165) is 5.56 Å². The van der Waals surface area contributed by atoms with E-state index in [1.54, 1.807) is 6.07 Å². The lowest BCUT2D eigenvalue weighted by Crippen LogP contribution is -2.41. The third-order valence-corrected chi connectivity index (χ3v) is 4.15. The maximum Gasteiger partial charge on any atom is 0.313 e. The lowest BCUT2D eigenvalue weighted by molar-refractivity contribution is -0.134. The summed E-state index contributed by atoms with van der Waals surface area (Å²) in [5.74, 6) is -0.361. The van der Waals surface area contributed by atoms with Crippen LogP contribution in [0.5, 0.6) is 0 Å². The number of hydrogen-bond donors (Lipinski definition) is 2. The summed E-state index contributed by atoms with van der Waals surface area (Å²) in [5, 5.41) is 11.9. The van der Waals surface area contributed by atoms with Crippen LogP contribution in [0.2, 0.25) is 5.02 Å². The smallest absolute Gasteiger partial charge is 0.313 e. The van der Waals surface area contributed by atoms with Crippen LogP contribution in [0, 0.1) is 0 Å². The standard InChI is InChI=1S/C14H18ClNO3S/c1-14(2,10-5-3-4-6-11(10)15)13(19)16-7-8-20-9-12(17)18/h3-6H,7-9H2,1-2H3,(H,16,19)(H,17,18). The number of carboxylic acid groups (broad SMARTS) is 1. The van der Waals surface area contributed by atoms with Gasteiger partial charge in [-0.05, 0) is 25.5 Å². The van der Waals surface area contributed by atoms with Gasteiger partial charge in [0.15, 0.2) is 0 Å². The van der Waals surface area contributed by atoms with Crippen molar-refractivity contribution in [3.8, 4) is 0 Å². The van der Waals surface area contributed by atoms with Crippen molar-refractivity contribution in [1.29, 1.82) is 0 Å². The summed E-state index contributed by atoms with van der Waals surface area (Å²) in [4.78, 5) is 22.6. The van der Waals surface area contributed by atoms with E-state index in [1.165, 1.54) is 11.8 Å². The van der Waals surface area contributed by atoms with Gasteiger partial charge in [-0.25, -0.2) is 0 Å². The minimum atomic E-state index is -0.849.